The number of rotatable bonds is 7. The van der Waals surface area contributed by atoms with E-state index in [2.05, 4.69) is 30.7 Å². The van der Waals surface area contributed by atoms with E-state index in [1.54, 1.807) is 14.2 Å². The summed E-state index contributed by atoms with van der Waals surface area (Å²) in [5.41, 5.74) is 0.824. The van der Waals surface area contributed by atoms with Crippen LogP contribution in [0.1, 0.15) is 18.7 Å². The molecule has 0 atom stereocenters. The third-order valence-corrected chi connectivity index (χ3v) is 4.96. The molecule has 0 spiro atoms. The first-order chi connectivity index (χ1) is 13.7. The van der Waals surface area contributed by atoms with Crippen LogP contribution in [0.25, 0.3) is 11.4 Å². The zero-order valence-electron chi connectivity index (χ0n) is 16.3. The van der Waals surface area contributed by atoms with Gasteiger partial charge in [-0.05, 0) is 25.0 Å². The molecule has 0 saturated carbocycles. The number of likely N-dealkylation sites (tertiary alicyclic amines) is 1. The van der Waals surface area contributed by atoms with Crippen LogP contribution in [0.3, 0.4) is 0 Å². The van der Waals surface area contributed by atoms with Crippen LogP contribution in [0.15, 0.2) is 33.8 Å². The quantitative estimate of drug-likeness (QED) is 0.538. The summed E-state index contributed by atoms with van der Waals surface area (Å²) < 4.78 is 10.5. The molecule has 28 heavy (non-hydrogen) atoms. The van der Waals surface area contributed by atoms with Crippen molar-refractivity contribution in [3.8, 4) is 11.4 Å². The van der Waals surface area contributed by atoms with Crippen molar-refractivity contribution in [1.29, 1.82) is 0 Å². The molecule has 0 radical (unpaired) electrons. The Hall–Kier alpha value is -2.16. The van der Waals surface area contributed by atoms with Gasteiger partial charge in [-0.1, -0.05) is 28.9 Å². The second kappa shape index (κ2) is 10.4. The van der Waals surface area contributed by atoms with Crippen molar-refractivity contribution < 1.29 is 9.26 Å². The van der Waals surface area contributed by atoms with Gasteiger partial charge in [0.05, 0.1) is 13.2 Å². The minimum absolute atomic E-state index is 0.398. The Kier molecular flexibility index (Phi) is 7.64. The Morgan fingerprint density at radius 3 is 2.93 bits per heavy atom. The summed E-state index contributed by atoms with van der Waals surface area (Å²) >= 11 is 6.02. The highest BCUT2D eigenvalue weighted by Crippen LogP contribution is 2.19. The second-order valence-corrected chi connectivity index (χ2v) is 7.14. The van der Waals surface area contributed by atoms with E-state index in [1.807, 2.05) is 24.3 Å². The average Bonchev–Trinajstić information content (AvgIpc) is 3.19. The first-order valence-corrected chi connectivity index (χ1v) is 9.82. The standard InChI is InChI=1S/C19H27ClN6O2/c1-21-19(23-16-6-8-26(9-7-16)10-11-27-2)22-13-17-24-18(25-28-17)14-4-3-5-15(20)12-14/h3-5,12,16H,6-11,13H2,1-2H3,(H2,21,22,23). The van der Waals surface area contributed by atoms with Gasteiger partial charge in [-0.15, -0.1) is 0 Å². The fourth-order valence-corrected chi connectivity index (χ4v) is 3.33. The lowest BCUT2D eigenvalue weighted by molar-refractivity contribution is 0.128. The Labute approximate surface area is 170 Å². The normalized spacial score (nSPS) is 16.3. The minimum atomic E-state index is 0.398. The van der Waals surface area contributed by atoms with E-state index in [0.717, 1.165) is 50.6 Å². The monoisotopic (exact) mass is 406 g/mol. The molecule has 1 aliphatic rings. The summed E-state index contributed by atoms with van der Waals surface area (Å²) in [5.74, 6) is 1.75. The van der Waals surface area contributed by atoms with E-state index in [0.29, 0.717) is 29.3 Å². The Morgan fingerprint density at radius 1 is 1.39 bits per heavy atom. The number of piperidine rings is 1. The van der Waals surface area contributed by atoms with E-state index >= 15 is 0 Å². The molecule has 0 amide bonds. The lowest BCUT2D eigenvalue weighted by Gasteiger charge is -2.32. The summed E-state index contributed by atoms with van der Waals surface area (Å²) in [7, 11) is 3.50. The van der Waals surface area contributed by atoms with E-state index in [-0.39, 0.29) is 0 Å². The number of nitrogens with one attached hydrogen (secondary N) is 2. The fraction of sp³-hybridized carbons (Fsp3) is 0.526. The van der Waals surface area contributed by atoms with Crippen molar-refractivity contribution >= 4 is 17.6 Å². The van der Waals surface area contributed by atoms with Gasteiger partial charge in [0.25, 0.3) is 0 Å². The summed E-state index contributed by atoms with van der Waals surface area (Å²) in [5, 5.41) is 11.4. The number of aliphatic imine (C=N–C) groups is 1. The van der Waals surface area contributed by atoms with Gasteiger partial charge in [0, 0.05) is 50.4 Å². The number of nitrogens with zero attached hydrogens (tertiary/aromatic N) is 4. The second-order valence-electron chi connectivity index (χ2n) is 6.70. The molecule has 1 fully saturated rings. The maximum absolute atomic E-state index is 6.02. The van der Waals surface area contributed by atoms with Crippen LogP contribution in [-0.2, 0) is 11.3 Å². The molecular formula is C19H27ClN6O2. The summed E-state index contributed by atoms with van der Waals surface area (Å²) in [6.45, 7) is 4.29. The summed E-state index contributed by atoms with van der Waals surface area (Å²) in [6.07, 6.45) is 2.15. The van der Waals surface area contributed by atoms with E-state index < -0.39 is 0 Å². The highest BCUT2D eigenvalue weighted by molar-refractivity contribution is 6.30. The maximum atomic E-state index is 6.02. The number of methoxy groups -OCH3 is 1. The van der Waals surface area contributed by atoms with Gasteiger partial charge in [-0.3, -0.25) is 4.99 Å². The lowest BCUT2D eigenvalue weighted by Crippen LogP contribution is -2.48. The number of guanidine groups is 1. The van der Waals surface area contributed by atoms with Crippen molar-refractivity contribution in [3.05, 3.63) is 35.2 Å². The van der Waals surface area contributed by atoms with Crippen molar-refractivity contribution in [1.82, 2.24) is 25.7 Å². The molecule has 1 aromatic heterocycles. The Balaban J connectivity index is 1.46. The molecule has 3 rings (SSSR count). The average molecular weight is 407 g/mol. The molecule has 2 aromatic rings. The van der Waals surface area contributed by atoms with Gasteiger partial charge >= 0.3 is 0 Å². The molecule has 2 heterocycles. The molecule has 0 aliphatic carbocycles. The Morgan fingerprint density at radius 2 is 2.21 bits per heavy atom. The number of benzene rings is 1. The third kappa shape index (κ3) is 5.92. The van der Waals surface area contributed by atoms with Crippen LogP contribution < -0.4 is 10.6 Å². The Bertz CT molecular complexity index is 773. The summed E-state index contributed by atoms with van der Waals surface area (Å²) in [6, 6.07) is 7.77. The van der Waals surface area contributed by atoms with Gasteiger partial charge in [-0.2, -0.15) is 4.98 Å². The smallest absolute Gasteiger partial charge is 0.246 e. The van der Waals surface area contributed by atoms with Crippen LogP contribution in [0.2, 0.25) is 5.02 Å². The number of hydrogen-bond donors (Lipinski definition) is 2. The van der Waals surface area contributed by atoms with Crippen LogP contribution in [0, 0.1) is 0 Å². The third-order valence-electron chi connectivity index (χ3n) is 4.72. The number of hydrogen-bond acceptors (Lipinski definition) is 6. The zero-order valence-corrected chi connectivity index (χ0v) is 17.1. The predicted octanol–water partition coefficient (Wildman–Crippen LogP) is 2.17. The van der Waals surface area contributed by atoms with Gasteiger partial charge in [0.1, 0.15) is 0 Å². The molecule has 1 saturated heterocycles. The van der Waals surface area contributed by atoms with Crippen LogP contribution in [0.4, 0.5) is 0 Å². The predicted molar refractivity (Wildman–Crippen MR) is 109 cm³/mol. The van der Waals surface area contributed by atoms with Crippen LogP contribution in [0.5, 0.6) is 0 Å². The van der Waals surface area contributed by atoms with Gasteiger partial charge in [0.2, 0.25) is 11.7 Å². The van der Waals surface area contributed by atoms with E-state index in [1.165, 1.54) is 0 Å². The largest absolute Gasteiger partial charge is 0.383 e. The van der Waals surface area contributed by atoms with Gasteiger partial charge < -0.3 is 24.8 Å². The van der Waals surface area contributed by atoms with E-state index in [9.17, 15) is 0 Å². The maximum Gasteiger partial charge on any atom is 0.246 e. The molecule has 1 aliphatic heterocycles. The van der Waals surface area contributed by atoms with Gasteiger partial charge in [0.15, 0.2) is 5.96 Å². The van der Waals surface area contributed by atoms with Crippen LogP contribution >= 0.6 is 11.6 Å². The molecule has 0 unspecified atom stereocenters. The number of aromatic nitrogens is 2. The van der Waals surface area contributed by atoms with Gasteiger partial charge in [-0.25, -0.2) is 0 Å². The minimum Gasteiger partial charge on any atom is -0.383 e. The van der Waals surface area contributed by atoms with Crippen molar-refractivity contribution in [3.63, 3.8) is 0 Å². The van der Waals surface area contributed by atoms with Crippen molar-refractivity contribution in [2.24, 2.45) is 4.99 Å². The lowest BCUT2D eigenvalue weighted by atomic mass is 10.1. The molecule has 9 heteroatoms. The molecular weight excluding hydrogens is 380 g/mol. The number of halogens is 1. The number of ether oxygens (including phenoxy) is 1. The molecule has 0 bridgehead atoms. The molecule has 2 N–H and O–H groups in total. The highest BCUT2D eigenvalue weighted by atomic mass is 35.5. The molecule has 1 aromatic carbocycles. The first-order valence-electron chi connectivity index (χ1n) is 9.45. The van der Waals surface area contributed by atoms with Crippen molar-refractivity contribution in [2.75, 3.05) is 40.4 Å². The molecule has 8 nitrogen and oxygen atoms in total. The topological polar surface area (TPSA) is 87.8 Å². The highest BCUT2D eigenvalue weighted by Gasteiger charge is 2.20. The van der Waals surface area contributed by atoms with Crippen LogP contribution in [-0.4, -0.2) is 67.4 Å². The fourth-order valence-electron chi connectivity index (χ4n) is 3.14. The molecule has 152 valence electrons. The zero-order chi connectivity index (χ0) is 19.8. The van der Waals surface area contributed by atoms with Crippen molar-refractivity contribution in [2.45, 2.75) is 25.4 Å². The summed E-state index contributed by atoms with van der Waals surface area (Å²) in [4.78, 5) is 11.1. The van der Waals surface area contributed by atoms with E-state index in [4.69, 9.17) is 20.9 Å². The SMILES string of the molecule is CN=C(NCc1nc(-c2cccc(Cl)c2)no1)NC1CCN(CCOC)CC1. The first kappa shape index (κ1) is 20.6.